The number of carbonyl (C=O) groups is 1. The summed E-state index contributed by atoms with van der Waals surface area (Å²) < 4.78 is 0. The average Bonchev–Trinajstić information content (AvgIpc) is 2.95. The zero-order valence-corrected chi connectivity index (χ0v) is 12.3. The first-order valence-corrected chi connectivity index (χ1v) is 7.69. The van der Waals surface area contributed by atoms with Crippen LogP contribution in [0.1, 0.15) is 44.2 Å². The van der Waals surface area contributed by atoms with E-state index in [9.17, 15) is 9.90 Å². The maximum atomic E-state index is 12.3. The zero-order chi connectivity index (χ0) is 14.8. The maximum Gasteiger partial charge on any atom is 0.223 e. The third kappa shape index (κ3) is 3.10. The van der Waals surface area contributed by atoms with Crippen LogP contribution in [0.2, 0.25) is 0 Å². The van der Waals surface area contributed by atoms with E-state index in [0.717, 1.165) is 42.1 Å². The van der Waals surface area contributed by atoms with Crippen molar-refractivity contribution in [1.29, 1.82) is 0 Å². The summed E-state index contributed by atoms with van der Waals surface area (Å²) in [6.45, 7) is 2.02. The summed E-state index contributed by atoms with van der Waals surface area (Å²) in [5, 5.41) is 13.8. The molecule has 3 N–H and O–H groups in total. The second-order valence-electron chi connectivity index (χ2n) is 6.06. The van der Waals surface area contributed by atoms with Crippen molar-refractivity contribution in [2.24, 2.45) is 5.92 Å². The minimum atomic E-state index is -0.220. The number of nitrogens with one attached hydrogen (secondary N) is 2. The van der Waals surface area contributed by atoms with Crippen LogP contribution in [0.25, 0.3) is 10.9 Å². The van der Waals surface area contributed by atoms with E-state index in [0.29, 0.717) is 0 Å². The van der Waals surface area contributed by atoms with Crippen LogP contribution >= 0.6 is 0 Å². The molecule has 0 spiro atoms. The molecule has 3 rings (SSSR count). The monoisotopic (exact) mass is 286 g/mol. The number of aliphatic hydroxyl groups excluding tert-OH is 1. The smallest absolute Gasteiger partial charge is 0.223 e. The molecule has 1 saturated carbocycles. The molecule has 4 heteroatoms. The molecule has 4 nitrogen and oxygen atoms in total. The molecule has 21 heavy (non-hydrogen) atoms. The third-order valence-electron chi connectivity index (χ3n) is 4.50. The van der Waals surface area contributed by atoms with E-state index in [1.54, 1.807) is 0 Å². The first kappa shape index (κ1) is 14.1. The summed E-state index contributed by atoms with van der Waals surface area (Å²) in [6, 6.07) is 8.25. The first-order valence-electron chi connectivity index (χ1n) is 7.69. The number of fused-ring (bicyclic) bond motifs is 1. The Kier molecular flexibility index (Phi) is 3.97. The number of amides is 1. The first-order chi connectivity index (χ1) is 10.1. The van der Waals surface area contributed by atoms with Gasteiger partial charge in [0, 0.05) is 17.6 Å². The van der Waals surface area contributed by atoms with Crippen LogP contribution < -0.4 is 5.32 Å². The molecule has 112 valence electrons. The van der Waals surface area contributed by atoms with Gasteiger partial charge in [0.2, 0.25) is 5.91 Å². The topological polar surface area (TPSA) is 65.1 Å². The molecule has 0 saturated heterocycles. The van der Waals surface area contributed by atoms with Gasteiger partial charge in [-0.2, -0.15) is 0 Å². The second-order valence-corrected chi connectivity index (χ2v) is 6.06. The van der Waals surface area contributed by atoms with E-state index >= 15 is 0 Å². The highest BCUT2D eigenvalue weighted by molar-refractivity contribution is 5.81. The van der Waals surface area contributed by atoms with Crippen LogP contribution in [0.5, 0.6) is 0 Å². The highest BCUT2D eigenvalue weighted by Gasteiger charge is 2.26. The normalized spacial score (nSPS) is 23.9. The van der Waals surface area contributed by atoms with E-state index in [2.05, 4.69) is 22.4 Å². The van der Waals surface area contributed by atoms with Crippen LogP contribution in [0.3, 0.4) is 0 Å². The predicted molar refractivity (Wildman–Crippen MR) is 82.8 cm³/mol. The van der Waals surface area contributed by atoms with Gasteiger partial charge in [0.1, 0.15) is 0 Å². The van der Waals surface area contributed by atoms with Gasteiger partial charge < -0.3 is 15.4 Å². The van der Waals surface area contributed by atoms with Gasteiger partial charge in [0.25, 0.3) is 0 Å². The number of rotatable bonds is 3. The summed E-state index contributed by atoms with van der Waals surface area (Å²) in [5.74, 6) is 0.162. The van der Waals surface area contributed by atoms with Gasteiger partial charge in [-0.1, -0.05) is 6.07 Å². The number of hydrogen-bond donors (Lipinski definition) is 3. The molecular formula is C17H22N2O2. The Bertz CT molecular complexity index is 627. The number of aromatic amines is 1. The number of benzene rings is 1. The van der Waals surface area contributed by atoms with Crippen molar-refractivity contribution in [2.45, 2.75) is 44.8 Å². The minimum Gasteiger partial charge on any atom is -0.393 e. The summed E-state index contributed by atoms with van der Waals surface area (Å²) in [4.78, 5) is 15.5. The fourth-order valence-electron chi connectivity index (χ4n) is 3.09. The quantitative estimate of drug-likeness (QED) is 0.812. The molecule has 1 amide bonds. The number of H-pyrrole nitrogens is 1. The van der Waals surface area contributed by atoms with E-state index in [4.69, 9.17) is 0 Å². The molecule has 1 aliphatic carbocycles. The third-order valence-corrected chi connectivity index (χ3v) is 4.50. The molecule has 1 aromatic heterocycles. The average molecular weight is 286 g/mol. The molecule has 0 radical (unpaired) electrons. The molecule has 1 aromatic carbocycles. The van der Waals surface area contributed by atoms with Crippen LogP contribution in [-0.4, -0.2) is 22.1 Å². The van der Waals surface area contributed by atoms with E-state index in [1.165, 1.54) is 0 Å². The van der Waals surface area contributed by atoms with Gasteiger partial charge in [-0.05, 0) is 61.8 Å². The molecular weight excluding hydrogens is 264 g/mol. The summed E-state index contributed by atoms with van der Waals surface area (Å²) >= 11 is 0. The Morgan fingerprint density at radius 1 is 1.29 bits per heavy atom. The Labute approximate surface area is 124 Å². The Morgan fingerprint density at radius 2 is 2.05 bits per heavy atom. The van der Waals surface area contributed by atoms with Gasteiger partial charge >= 0.3 is 0 Å². The lowest BCUT2D eigenvalue weighted by Crippen LogP contribution is -2.35. The zero-order valence-electron chi connectivity index (χ0n) is 12.3. The molecule has 0 bridgehead atoms. The van der Waals surface area contributed by atoms with Crippen LogP contribution in [0.4, 0.5) is 0 Å². The molecule has 1 heterocycles. The summed E-state index contributed by atoms with van der Waals surface area (Å²) in [6.07, 6.45) is 4.75. The maximum absolute atomic E-state index is 12.3. The Balaban J connectivity index is 1.64. The lowest BCUT2D eigenvalue weighted by molar-refractivity contribution is -0.127. The fourth-order valence-corrected chi connectivity index (χ4v) is 3.09. The molecule has 0 aliphatic heterocycles. The fraction of sp³-hybridized carbons (Fsp3) is 0.471. The van der Waals surface area contributed by atoms with Crippen LogP contribution in [0.15, 0.2) is 30.5 Å². The van der Waals surface area contributed by atoms with E-state index in [-0.39, 0.29) is 24.0 Å². The number of carbonyl (C=O) groups excluding carboxylic acids is 1. The Morgan fingerprint density at radius 3 is 2.81 bits per heavy atom. The van der Waals surface area contributed by atoms with E-state index < -0.39 is 0 Å². The van der Waals surface area contributed by atoms with Crippen molar-refractivity contribution in [3.05, 3.63) is 36.0 Å². The summed E-state index contributed by atoms with van der Waals surface area (Å²) in [7, 11) is 0. The highest BCUT2D eigenvalue weighted by Crippen LogP contribution is 2.26. The Hall–Kier alpha value is -1.81. The van der Waals surface area contributed by atoms with Gasteiger partial charge in [-0.25, -0.2) is 0 Å². The van der Waals surface area contributed by atoms with Gasteiger partial charge in [-0.15, -0.1) is 0 Å². The minimum absolute atomic E-state index is 0.00338. The number of hydrogen-bond acceptors (Lipinski definition) is 2. The van der Waals surface area contributed by atoms with Crippen molar-refractivity contribution in [3.63, 3.8) is 0 Å². The molecule has 1 fully saturated rings. The van der Waals surface area contributed by atoms with Gasteiger partial charge in [0.05, 0.1) is 12.1 Å². The lowest BCUT2D eigenvalue weighted by atomic mass is 9.86. The highest BCUT2D eigenvalue weighted by atomic mass is 16.3. The largest absolute Gasteiger partial charge is 0.393 e. The number of aliphatic hydroxyl groups is 1. The van der Waals surface area contributed by atoms with Crippen molar-refractivity contribution < 1.29 is 9.90 Å². The lowest BCUT2D eigenvalue weighted by Gasteiger charge is -2.26. The molecule has 1 atom stereocenters. The van der Waals surface area contributed by atoms with Gasteiger partial charge in [-0.3, -0.25) is 4.79 Å². The molecule has 1 unspecified atom stereocenters. The van der Waals surface area contributed by atoms with Crippen LogP contribution in [-0.2, 0) is 4.79 Å². The standard InChI is InChI=1S/C17H22N2O2/c1-11(13-4-7-16-14(10-13)8-9-18-16)19-17(21)12-2-5-15(20)6-3-12/h4,7-12,15,18,20H,2-3,5-6H2,1H3,(H,19,21). The molecule has 2 aromatic rings. The van der Waals surface area contributed by atoms with Gasteiger partial charge in [0.15, 0.2) is 0 Å². The van der Waals surface area contributed by atoms with Crippen molar-refractivity contribution in [3.8, 4) is 0 Å². The second kappa shape index (κ2) is 5.90. The van der Waals surface area contributed by atoms with Crippen molar-refractivity contribution in [2.75, 3.05) is 0 Å². The number of aromatic nitrogens is 1. The molecule has 1 aliphatic rings. The van der Waals surface area contributed by atoms with Crippen molar-refractivity contribution in [1.82, 2.24) is 10.3 Å². The predicted octanol–water partition coefficient (Wildman–Crippen LogP) is 2.90. The van der Waals surface area contributed by atoms with Crippen molar-refractivity contribution >= 4 is 16.8 Å². The van der Waals surface area contributed by atoms with Crippen LogP contribution in [0, 0.1) is 5.92 Å². The SMILES string of the molecule is CC(NC(=O)C1CCC(O)CC1)c1ccc2[nH]ccc2c1. The van der Waals surface area contributed by atoms with E-state index in [1.807, 2.05) is 25.3 Å². The summed E-state index contributed by atoms with van der Waals surface area (Å²) in [5.41, 5.74) is 2.23.